The largest absolute Gasteiger partial charge is 0.279 e. The van der Waals surface area contributed by atoms with E-state index in [2.05, 4.69) is 0 Å². The predicted octanol–water partition coefficient (Wildman–Crippen LogP) is 5.11. The molecule has 0 aliphatic carbocycles. The molecule has 0 saturated carbocycles. The van der Waals surface area contributed by atoms with Crippen LogP contribution in [-0.2, 0) is 14.8 Å². The molecule has 0 aliphatic heterocycles. The van der Waals surface area contributed by atoms with Gasteiger partial charge in [-0.05, 0) is 41.3 Å². The van der Waals surface area contributed by atoms with Gasteiger partial charge in [0.1, 0.15) is 11.4 Å². The summed E-state index contributed by atoms with van der Waals surface area (Å²) in [4.78, 5) is 11.4. The van der Waals surface area contributed by atoms with Gasteiger partial charge in [-0.25, -0.2) is 8.42 Å². The van der Waals surface area contributed by atoms with Crippen LogP contribution in [0.2, 0.25) is 10.0 Å². The molecular formula is C18H12Cl3NO3S. The summed E-state index contributed by atoms with van der Waals surface area (Å²) >= 11 is 17.6. The van der Waals surface area contributed by atoms with E-state index in [0.717, 1.165) is 9.69 Å². The van der Waals surface area contributed by atoms with E-state index < -0.39 is 21.8 Å². The van der Waals surface area contributed by atoms with Crippen molar-refractivity contribution in [3.63, 3.8) is 0 Å². The van der Waals surface area contributed by atoms with E-state index in [1.54, 1.807) is 24.3 Å². The van der Waals surface area contributed by atoms with E-state index in [1.165, 1.54) is 18.2 Å². The first-order chi connectivity index (χ1) is 12.3. The Morgan fingerprint density at radius 3 is 2.38 bits per heavy atom. The fourth-order valence-corrected chi connectivity index (χ4v) is 5.00. The Hall–Kier alpha value is -1.79. The maximum absolute atomic E-state index is 13.3. The normalized spacial score (nSPS) is 11.5. The van der Waals surface area contributed by atoms with E-state index in [9.17, 15) is 13.2 Å². The van der Waals surface area contributed by atoms with Crippen LogP contribution in [0.5, 0.6) is 0 Å². The highest BCUT2D eigenvalue weighted by molar-refractivity contribution is 7.93. The molecule has 3 rings (SSSR count). The molecule has 3 aromatic carbocycles. The number of hydrogen-bond acceptors (Lipinski definition) is 3. The number of benzene rings is 3. The maximum atomic E-state index is 13.3. The SMILES string of the molecule is O=C(Cl)CN(c1cccc2ccccc12)S(=O)(=O)c1cc(Cl)ccc1Cl. The van der Waals surface area contributed by atoms with Crippen LogP contribution in [0.15, 0.2) is 65.6 Å². The van der Waals surface area contributed by atoms with Crippen LogP contribution in [-0.4, -0.2) is 20.2 Å². The minimum Gasteiger partial charge on any atom is -0.279 e. The van der Waals surface area contributed by atoms with Gasteiger partial charge in [-0.15, -0.1) is 0 Å². The van der Waals surface area contributed by atoms with Gasteiger partial charge >= 0.3 is 0 Å². The highest BCUT2D eigenvalue weighted by atomic mass is 35.5. The summed E-state index contributed by atoms with van der Waals surface area (Å²) in [7, 11) is -4.18. The van der Waals surface area contributed by atoms with Gasteiger partial charge in [-0.3, -0.25) is 9.10 Å². The van der Waals surface area contributed by atoms with Gasteiger partial charge in [0.05, 0.1) is 10.7 Å². The molecule has 0 N–H and O–H groups in total. The molecule has 0 atom stereocenters. The van der Waals surface area contributed by atoms with E-state index >= 15 is 0 Å². The molecule has 0 saturated heterocycles. The summed E-state index contributed by atoms with van der Waals surface area (Å²) in [5.41, 5.74) is 0.327. The third-order valence-electron chi connectivity index (χ3n) is 3.76. The van der Waals surface area contributed by atoms with Gasteiger partial charge in [0.15, 0.2) is 0 Å². The lowest BCUT2D eigenvalue weighted by Crippen LogP contribution is -2.34. The van der Waals surface area contributed by atoms with Gasteiger partial charge in [-0.1, -0.05) is 59.6 Å². The number of carbonyl (C=O) groups excluding carboxylic acids is 1. The first-order valence-electron chi connectivity index (χ1n) is 7.44. The molecule has 0 heterocycles. The van der Waals surface area contributed by atoms with Crippen molar-refractivity contribution in [1.29, 1.82) is 0 Å². The standard InChI is InChI=1S/C18H12Cl3NO3S/c19-13-8-9-15(20)17(10-13)26(24,25)22(11-18(21)23)16-7-3-5-12-4-1-2-6-14(12)16/h1-10H,11H2. The Balaban J connectivity index is 2.26. The molecule has 0 aliphatic rings. The lowest BCUT2D eigenvalue weighted by molar-refractivity contribution is -0.110. The summed E-state index contributed by atoms with van der Waals surface area (Å²) < 4.78 is 27.5. The fraction of sp³-hybridized carbons (Fsp3) is 0.0556. The van der Waals surface area contributed by atoms with Gasteiger partial charge in [-0.2, -0.15) is 0 Å². The fourth-order valence-electron chi connectivity index (χ4n) is 2.63. The topological polar surface area (TPSA) is 54.5 Å². The number of hydrogen-bond donors (Lipinski definition) is 0. The second-order valence-electron chi connectivity index (χ2n) is 5.44. The molecule has 4 nitrogen and oxygen atoms in total. The number of fused-ring (bicyclic) bond motifs is 1. The van der Waals surface area contributed by atoms with Crippen LogP contribution >= 0.6 is 34.8 Å². The van der Waals surface area contributed by atoms with Crippen molar-refractivity contribution in [2.45, 2.75) is 4.90 Å². The summed E-state index contributed by atoms with van der Waals surface area (Å²) in [6.07, 6.45) is 0. The minimum atomic E-state index is -4.18. The predicted molar refractivity (Wildman–Crippen MR) is 106 cm³/mol. The maximum Gasteiger partial charge on any atom is 0.266 e. The van der Waals surface area contributed by atoms with Crippen molar-refractivity contribution >= 4 is 66.5 Å². The van der Waals surface area contributed by atoms with Crippen molar-refractivity contribution in [2.24, 2.45) is 0 Å². The smallest absolute Gasteiger partial charge is 0.266 e. The first kappa shape index (κ1) is 19.0. The molecule has 0 radical (unpaired) electrons. The second-order valence-corrected chi connectivity index (χ2v) is 8.54. The highest BCUT2D eigenvalue weighted by Crippen LogP contribution is 2.34. The summed E-state index contributed by atoms with van der Waals surface area (Å²) in [6.45, 7) is -0.541. The molecule has 3 aromatic rings. The minimum absolute atomic E-state index is 0.00154. The van der Waals surface area contributed by atoms with Crippen molar-refractivity contribution in [3.8, 4) is 0 Å². The van der Waals surface area contributed by atoms with Crippen LogP contribution < -0.4 is 4.31 Å². The monoisotopic (exact) mass is 427 g/mol. The highest BCUT2D eigenvalue weighted by Gasteiger charge is 2.30. The van der Waals surface area contributed by atoms with Gasteiger partial charge in [0, 0.05) is 10.4 Å². The molecule has 0 unspecified atom stereocenters. The zero-order valence-electron chi connectivity index (χ0n) is 13.2. The third kappa shape index (κ3) is 3.67. The van der Waals surface area contributed by atoms with Crippen molar-refractivity contribution < 1.29 is 13.2 Å². The van der Waals surface area contributed by atoms with Crippen LogP contribution in [0.4, 0.5) is 5.69 Å². The van der Waals surface area contributed by atoms with Gasteiger partial charge in [0.2, 0.25) is 5.24 Å². The van der Waals surface area contributed by atoms with E-state index in [-0.39, 0.29) is 14.9 Å². The molecule has 0 spiro atoms. The van der Waals surface area contributed by atoms with Gasteiger partial charge < -0.3 is 0 Å². The van der Waals surface area contributed by atoms with Crippen LogP contribution in [0, 0.1) is 0 Å². The third-order valence-corrected chi connectivity index (χ3v) is 6.36. The number of nitrogens with zero attached hydrogens (tertiary/aromatic N) is 1. The van der Waals surface area contributed by atoms with Crippen molar-refractivity contribution in [1.82, 2.24) is 0 Å². The molecule has 8 heteroatoms. The second kappa shape index (κ2) is 7.45. The number of anilines is 1. The zero-order valence-corrected chi connectivity index (χ0v) is 16.3. The van der Waals surface area contributed by atoms with Crippen LogP contribution in [0.25, 0.3) is 10.8 Å². The molecule has 0 bridgehead atoms. The van der Waals surface area contributed by atoms with E-state index in [0.29, 0.717) is 11.1 Å². The number of rotatable bonds is 5. The quantitative estimate of drug-likeness (QED) is 0.531. The Morgan fingerprint density at radius 1 is 0.962 bits per heavy atom. The summed E-state index contributed by atoms with van der Waals surface area (Å²) in [6, 6.07) is 16.5. The lowest BCUT2D eigenvalue weighted by atomic mass is 10.1. The Labute approximate surface area is 165 Å². The summed E-state index contributed by atoms with van der Waals surface area (Å²) in [5, 5.41) is 0.878. The molecule has 0 aromatic heterocycles. The first-order valence-corrected chi connectivity index (χ1v) is 10.0. The molecule has 0 amide bonds. The van der Waals surface area contributed by atoms with Crippen LogP contribution in [0.3, 0.4) is 0 Å². The average Bonchev–Trinajstić information content (AvgIpc) is 2.61. The average molecular weight is 429 g/mol. The Kier molecular flexibility index (Phi) is 5.44. The van der Waals surface area contributed by atoms with Gasteiger partial charge in [0.25, 0.3) is 10.0 Å². The molecule has 134 valence electrons. The molecular weight excluding hydrogens is 417 g/mol. The number of carbonyl (C=O) groups is 1. The lowest BCUT2D eigenvalue weighted by Gasteiger charge is -2.25. The summed E-state index contributed by atoms with van der Waals surface area (Å²) in [5.74, 6) is 0. The van der Waals surface area contributed by atoms with E-state index in [1.807, 2.05) is 18.2 Å². The van der Waals surface area contributed by atoms with Crippen molar-refractivity contribution in [3.05, 3.63) is 70.7 Å². The molecule has 26 heavy (non-hydrogen) atoms. The van der Waals surface area contributed by atoms with E-state index in [4.69, 9.17) is 34.8 Å². The Bertz CT molecular complexity index is 1090. The van der Waals surface area contributed by atoms with Crippen LogP contribution in [0.1, 0.15) is 0 Å². The van der Waals surface area contributed by atoms with Crippen molar-refractivity contribution in [2.75, 3.05) is 10.8 Å². The number of halogens is 3. The number of sulfonamides is 1. The molecule has 0 fully saturated rings. The Morgan fingerprint density at radius 2 is 1.65 bits per heavy atom. The zero-order chi connectivity index (χ0) is 18.9.